The van der Waals surface area contributed by atoms with E-state index in [4.69, 9.17) is 0 Å². The molecule has 0 unspecified atom stereocenters. The Hall–Kier alpha value is -3.21. The van der Waals surface area contributed by atoms with Crippen molar-refractivity contribution in [2.75, 3.05) is 0 Å². The Morgan fingerprint density at radius 2 is 1.64 bits per heavy atom. The van der Waals surface area contributed by atoms with Gasteiger partial charge in [-0.25, -0.2) is 0 Å². The van der Waals surface area contributed by atoms with E-state index in [9.17, 15) is 9.59 Å². The van der Waals surface area contributed by atoms with Gasteiger partial charge in [-0.2, -0.15) is 0 Å². The Morgan fingerprint density at radius 3 is 2.39 bits per heavy atom. The van der Waals surface area contributed by atoms with E-state index in [1.54, 1.807) is 10.8 Å². The summed E-state index contributed by atoms with van der Waals surface area (Å²) in [7, 11) is 0. The SMILES string of the molecule is Cc1nc2ccn(-c3ccccc3)c(=O)c2c2ccn(C3CCCC3)c(=O)c12. The normalized spacial score (nSPS) is 14.9. The van der Waals surface area contributed by atoms with Crippen molar-refractivity contribution in [3.63, 3.8) is 0 Å². The molecule has 0 aliphatic heterocycles. The van der Waals surface area contributed by atoms with E-state index >= 15 is 0 Å². The number of rotatable bonds is 2. The van der Waals surface area contributed by atoms with Crippen molar-refractivity contribution in [1.29, 1.82) is 0 Å². The molecular formula is C23H21N3O2. The van der Waals surface area contributed by atoms with Crippen LogP contribution in [-0.2, 0) is 0 Å². The van der Waals surface area contributed by atoms with Gasteiger partial charge in [0.2, 0.25) is 0 Å². The van der Waals surface area contributed by atoms with Crippen molar-refractivity contribution in [3.8, 4) is 5.69 Å². The number of aryl methyl sites for hydroxylation is 1. The molecule has 1 saturated carbocycles. The van der Waals surface area contributed by atoms with Crippen LogP contribution in [0.3, 0.4) is 0 Å². The summed E-state index contributed by atoms with van der Waals surface area (Å²) in [5, 5.41) is 1.75. The molecule has 28 heavy (non-hydrogen) atoms. The van der Waals surface area contributed by atoms with Gasteiger partial charge in [0.05, 0.1) is 22.0 Å². The average Bonchev–Trinajstić information content (AvgIpc) is 3.23. The number of hydrogen-bond donors (Lipinski definition) is 0. The number of hydrogen-bond acceptors (Lipinski definition) is 3. The van der Waals surface area contributed by atoms with Crippen molar-refractivity contribution in [1.82, 2.24) is 14.1 Å². The van der Waals surface area contributed by atoms with Crippen LogP contribution < -0.4 is 11.1 Å². The molecule has 3 aromatic heterocycles. The first-order valence-electron chi connectivity index (χ1n) is 9.77. The Kier molecular flexibility index (Phi) is 3.90. The molecule has 0 bridgehead atoms. The second kappa shape index (κ2) is 6.44. The molecule has 5 nitrogen and oxygen atoms in total. The first kappa shape index (κ1) is 16.9. The van der Waals surface area contributed by atoms with Gasteiger partial charge in [-0.3, -0.25) is 19.1 Å². The Morgan fingerprint density at radius 1 is 0.893 bits per heavy atom. The minimum atomic E-state index is -0.154. The highest BCUT2D eigenvalue weighted by Gasteiger charge is 2.21. The number of benzene rings is 1. The van der Waals surface area contributed by atoms with Crippen LogP contribution in [0, 0.1) is 6.92 Å². The van der Waals surface area contributed by atoms with Gasteiger partial charge in [-0.05, 0) is 44.0 Å². The van der Waals surface area contributed by atoms with E-state index in [-0.39, 0.29) is 17.2 Å². The number of nitrogens with zero attached hydrogens (tertiary/aromatic N) is 3. The summed E-state index contributed by atoms with van der Waals surface area (Å²) in [5.74, 6) is 0. The molecule has 1 aliphatic carbocycles. The summed E-state index contributed by atoms with van der Waals surface area (Å²) >= 11 is 0. The average molecular weight is 371 g/mol. The molecule has 1 aliphatic rings. The van der Waals surface area contributed by atoms with E-state index in [0.717, 1.165) is 31.4 Å². The van der Waals surface area contributed by atoms with Crippen LogP contribution in [0.2, 0.25) is 0 Å². The fourth-order valence-corrected chi connectivity index (χ4v) is 4.48. The largest absolute Gasteiger partial charge is 0.312 e. The van der Waals surface area contributed by atoms with E-state index in [1.165, 1.54) is 0 Å². The van der Waals surface area contributed by atoms with Crippen LogP contribution in [0.15, 0.2) is 64.4 Å². The lowest BCUT2D eigenvalue weighted by atomic mass is 10.1. The van der Waals surface area contributed by atoms with Crippen molar-refractivity contribution in [2.24, 2.45) is 0 Å². The van der Waals surface area contributed by atoms with Gasteiger partial charge in [0.15, 0.2) is 0 Å². The van der Waals surface area contributed by atoms with Crippen LogP contribution in [0.25, 0.3) is 27.4 Å². The van der Waals surface area contributed by atoms with Gasteiger partial charge < -0.3 is 4.57 Å². The smallest absolute Gasteiger partial charge is 0.265 e. The fourth-order valence-electron chi connectivity index (χ4n) is 4.48. The van der Waals surface area contributed by atoms with Gasteiger partial charge in [0.25, 0.3) is 11.1 Å². The molecule has 1 fully saturated rings. The number of pyridine rings is 3. The summed E-state index contributed by atoms with van der Waals surface area (Å²) < 4.78 is 3.45. The third kappa shape index (κ3) is 2.50. The lowest BCUT2D eigenvalue weighted by Gasteiger charge is -2.16. The van der Waals surface area contributed by atoms with Crippen molar-refractivity contribution >= 4 is 21.7 Å². The quantitative estimate of drug-likeness (QED) is 0.498. The third-order valence-electron chi connectivity index (χ3n) is 5.86. The van der Waals surface area contributed by atoms with Crippen LogP contribution in [-0.4, -0.2) is 14.1 Å². The number of para-hydroxylation sites is 1. The Balaban J connectivity index is 1.84. The molecule has 0 amide bonds. The third-order valence-corrected chi connectivity index (χ3v) is 5.86. The first-order chi connectivity index (χ1) is 13.6. The van der Waals surface area contributed by atoms with Gasteiger partial charge in [-0.1, -0.05) is 31.0 Å². The van der Waals surface area contributed by atoms with Gasteiger partial charge in [0.1, 0.15) is 0 Å². The maximum atomic E-state index is 13.3. The molecule has 140 valence electrons. The summed E-state index contributed by atoms with van der Waals surface area (Å²) in [5.41, 5.74) is 1.91. The zero-order valence-corrected chi connectivity index (χ0v) is 15.8. The molecule has 1 aromatic carbocycles. The highest BCUT2D eigenvalue weighted by Crippen LogP contribution is 2.29. The second-order valence-corrected chi connectivity index (χ2v) is 7.54. The predicted octanol–water partition coefficient (Wildman–Crippen LogP) is 4.12. The molecule has 0 spiro atoms. The number of fused-ring (bicyclic) bond motifs is 3. The molecule has 0 radical (unpaired) electrons. The van der Waals surface area contributed by atoms with Crippen LogP contribution in [0.5, 0.6) is 0 Å². The Labute approximate surface area is 161 Å². The summed E-state index contributed by atoms with van der Waals surface area (Å²) in [6, 6.07) is 13.5. The number of aromatic nitrogens is 3. The van der Waals surface area contributed by atoms with Crippen molar-refractivity contribution in [3.05, 3.63) is 81.3 Å². The van der Waals surface area contributed by atoms with E-state index in [2.05, 4.69) is 4.98 Å². The van der Waals surface area contributed by atoms with Crippen molar-refractivity contribution in [2.45, 2.75) is 38.6 Å². The zero-order valence-electron chi connectivity index (χ0n) is 15.8. The van der Waals surface area contributed by atoms with Crippen LogP contribution >= 0.6 is 0 Å². The van der Waals surface area contributed by atoms with Gasteiger partial charge in [0, 0.05) is 29.5 Å². The van der Waals surface area contributed by atoms with Gasteiger partial charge >= 0.3 is 0 Å². The Bertz CT molecular complexity index is 1310. The summed E-state index contributed by atoms with van der Waals surface area (Å²) in [4.78, 5) is 31.2. The standard InChI is InChI=1S/C23H21N3O2/c1-15-20-18(11-13-25(22(20)27)17-9-5-6-10-17)21-19(24-15)12-14-26(23(21)28)16-7-3-2-4-8-16/h2-4,7-8,11-14,17H,5-6,9-10H2,1H3. The lowest BCUT2D eigenvalue weighted by molar-refractivity contribution is 0.505. The van der Waals surface area contributed by atoms with Crippen LogP contribution in [0.1, 0.15) is 37.4 Å². The van der Waals surface area contributed by atoms with E-state index < -0.39 is 0 Å². The van der Waals surface area contributed by atoms with E-state index in [1.807, 2.05) is 60.2 Å². The molecule has 0 saturated heterocycles. The maximum Gasteiger partial charge on any atom is 0.265 e. The fraction of sp³-hybridized carbons (Fsp3) is 0.261. The zero-order chi connectivity index (χ0) is 19.3. The second-order valence-electron chi connectivity index (χ2n) is 7.54. The minimum Gasteiger partial charge on any atom is -0.312 e. The predicted molar refractivity (Wildman–Crippen MR) is 111 cm³/mol. The van der Waals surface area contributed by atoms with E-state index in [0.29, 0.717) is 27.4 Å². The minimum absolute atomic E-state index is 0.0363. The molecule has 5 heteroatoms. The summed E-state index contributed by atoms with van der Waals surface area (Å²) in [6.45, 7) is 1.85. The maximum absolute atomic E-state index is 13.3. The molecule has 3 heterocycles. The van der Waals surface area contributed by atoms with Crippen LogP contribution in [0.4, 0.5) is 0 Å². The first-order valence-corrected chi connectivity index (χ1v) is 9.77. The molecular weight excluding hydrogens is 350 g/mol. The molecule has 4 aromatic rings. The van der Waals surface area contributed by atoms with Gasteiger partial charge in [-0.15, -0.1) is 0 Å². The topological polar surface area (TPSA) is 56.9 Å². The van der Waals surface area contributed by atoms with Crippen molar-refractivity contribution < 1.29 is 0 Å². The lowest BCUT2D eigenvalue weighted by Crippen LogP contribution is -2.25. The monoisotopic (exact) mass is 371 g/mol. The highest BCUT2D eigenvalue weighted by atomic mass is 16.1. The highest BCUT2D eigenvalue weighted by molar-refractivity contribution is 6.05. The molecule has 0 atom stereocenters. The molecule has 5 rings (SSSR count). The summed E-state index contributed by atoms with van der Waals surface area (Å²) in [6.07, 6.45) is 7.99. The molecule has 0 N–H and O–H groups in total.